The molecule has 2 atom stereocenters. The van der Waals surface area contributed by atoms with E-state index in [0.29, 0.717) is 12.5 Å². The van der Waals surface area contributed by atoms with Crippen molar-refractivity contribution in [1.82, 2.24) is 15.2 Å². The average Bonchev–Trinajstić information content (AvgIpc) is 3.02. The van der Waals surface area contributed by atoms with Gasteiger partial charge in [0.05, 0.1) is 25.4 Å². The van der Waals surface area contributed by atoms with Gasteiger partial charge in [0.25, 0.3) is 0 Å². The van der Waals surface area contributed by atoms with E-state index in [0.717, 1.165) is 38.9 Å². The molecule has 7 nitrogen and oxygen atoms in total. The summed E-state index contributed by atoms with van der Waals surface area (Å²) < 4.78 is 16.9. The number of ether oxygens (including phenoxy) is 3. The Bertz CT molecular complexity index is 580. The van der Waals surface area contributed by atoms with E-state index in [1.165, 1.54) is 5.56 Å². The van der Waals surface area contributed by atoms with Crippen molar-refractivity contribution >= 4 is 5.91 Å². The van der Waals surface area contributed by atoms with Crippen LogP contribution in [0.25, 0.3) is 0 Å². The summed E-state index contributed by atoms with van der Waals surface area (Å²) in [5.74, 6) is 0.535. The van der Waals surface area contributed by atoms with Gasteiger partial charge in [0.2, 0.25) is 11.8 Å². The number of hydrogen-bond acceptors (Lipinski definition) is 6. The molecule has 3 rings (SSSR count). The number of likely N-dealkylation sites (tertiary alicyclic amines) is 1. The molecule has 2 aliphatic heterocycles. The lowest BCUT2D eigenvalue weighted by atomic mass is 9.89. The quantitative estimate of drug-likeness (QED) is 0.825. The molecule has 0 unspecified atom stereocenters. The summed E-state index contributed by atoms with van der Waals surface area (Å²) in [4.78, 5) is 18.0. The minimum absolute atomic E-state index is 0.0000897. The van der Waals surface area contributed by atoms with Crippen LogP contribution in [0.1, 0.15) is 24.8 Å². The van der Waals surface area contributed by atoms with Crippen molar-refractivity contribution < 1.29 is 19.0 Å². The van der Waals surface area contributed by atoms with Crippen LogP contribution < -0.4 is 10.1 Å². The molecule has 1 amide bonds. The number of methoxy groups -OCH3 is 1. The molecule has 2 saturated heterocycles. The number of amides is 1. The van der Waals surface area contributed by atoms with E-state index in [2.05, 4.69) is 21.3 Å². The first kappa shape index (κ1) is 18.1. The second kappa shape index (κ2) is 8.12. The first-order chi connectivity index (χ1) is 12.1. The van der Waals surface area contributed by atoms with Crippen LogP contribution in [0.3, 0.4) is 0 Å². The molecule has 3 heterocycles. The smallest absolute Gasteiger partial charge is 0.245 e. The van der Waals surface area contributed by atoms with Crippen LogP contribution in [0.2, 0.25) is 0 Å². The van der Waals surface area contributed by atoms with Gasteiger partial charge in [-0.15, -0.1) is 0 Å². The fourth-order valence-electron chi connectivity index (χ4n) is 3.67. The van der Waals surface area contributed by atoms with Crippen LogP contribution in [0, 0.1) is 0 Å². The zero-order valence-corrected chi connectivity index (χ0v) is 15.0. The lowest BCUT2D eigenvalue weighted by Gasteiger charge is -2.39. The third-order valence-electron chi connectivity index (χ3n) is 4.94. The van der Waals surface area contributed by atoms with Crippen molar-refractivity contribution in [2.45, 2.75) is 37.5 Å². The van der Waals surface area contributed by atoms with Gasteiger partial charge in [0.15, 0.2) is 0 Å². The predicted octanol–water partition coefficient (Wildman–Crippen LogP) is 0.976. The zero-order chi connectivity index (χ0) is 17.7. The minimum Gasteiger partial charge on any atom is -0.481 e. The second-order valence-electron chi connectivity index (χ2n) is 6.83. The summed E-state index contributed by atoms with van der Waals surface area (Å²) in [7, 11) is 3.24. The van der Waals surface area contributed by atoms with Gasteiger partial charge in [-0.3, -0.25) is 9.69 Å². The molecule has 1 spiro atoms. The number of pyridine rings is 1. The molecule has 138 valence electrons. The van der Waals surface area contributed by atoms with Gasteiger partial charge in [0, 0.05) is 38.8 Å². The number of nitrogens with one attached hydrogen (secondary N) is 1. The van der Waals surface area contributed by atoms with E-state index >= 15 is 0 Å². The van der Waals surface area contributed by atoms with Gasteiger partial charge in [-0.1, -0.05) is 6.07 Å². The Balaban J connectivity index is 1.53. The maximum atomic E-state index is 11.3. The lowest BCUT2D eigenvalue weighted by Crippen LogP contribution is -2.47. The molecule has 0 radical (unpaired) electrons. The van der Waals surface area contributed by atoms with E-state index in [1.54, 1.807) is 14.2 Å². The molecule has 7 heteroatoms. The lowest BCUT2D eigenvalue weighted by molar-refractivity contribution is -0.127. The summed E-state index contributed by atoms with van der Waals surface area (Å²) in [5.41, 5.74) is 1.02. The molecule has 1 aromatic heterocycles. The number of carbonyl (C=O) groups is 1. The summed E-state index contributed by atoms with van der Waals surface area (Å²) in [5, 5.41) is 2.57. The Morgan fingerprint density at radius 2 is 2.40 bits per heavy atom. The van der Waals surface area contributed by atoms with E-state index in [9.17, 15) is 4.79 Å². The fourth-order valence-corrected chi connectivity index (χ4v) is 3.67. The summed E-state index contributed by atoms with van der Waals surface area (Å²) in [6, 6.07) is 3.95. The number of piperidine rings is 1. The average molecular weight is 349 g/mol. The first-order valence-corrected chi connectivity index (χ1v) is 8.80. The van der Waals surface area contributed by atoms with Crippen LogP contribution in [-0.4, -0.2) is 68.0 Å². The monoisotopic (exact) mass is 349 g/mol. The number of hydrogen-bond donors (Lipinski definition) is 1. The Morgan fingerprint density at radius 3 is 3.12 bits per heavy atom. The van der Waals surface area contributed by atoms with Crippen molar-refractivity contribution in [3.05, 3.63) is 23.9 Å². The van der Waals surface area contributed by atoms with Crippen LogP contribution in [0.5, 0.6) is 5.88 Å². The van der Waals surface area contributed by atoms with Crippen LogP contribution in [0.4, 0.5) is 0 Å². The van der Waals surface area contributed by atoms with Crippen molar-refractivity contribution in [3.8, 4) is 5.88 Å². The van der Waals surface area contributed by atoms with Crippen LogP contribution in [-0.2, 0) is 20.8 Å². The van der Waals surface area contributed by atoms with Gasteiger partial charge < -0.3 is 19.5 Å². The largest absolute Gasteiger partial charge is 0.481 e. The van der Waals surface area contributed by atoms with Crippen molar-refractivity contribution in [2.75, 3.05) is 40.5 Å². The molecule has 1 N–H and O–H groups in total. The van der Waals surface area contributed by atoms with E-state index in [4.69, 9.17) is 14.2 Å². The Labute approximate surface area is 148 Å². The predicted molar refractivity (Wildman–Crippen MR) is 92.4 cm³/mol. The van der Waals surface area contributed by atoms with Crippen molar-refractivity contribution in [1.29, 1.82) is 0 Å². The van der Waals surface area contributed by atoms with Gasteiger partial charge in [-0.25, -0.2) is 4.98 Å². The topological polar surface area (TPSA) is 72.9 Å². The molecule has 0 bridgehead atoms. The van der Waals surface area contributed by atoms with Crippen LogP contribution >= 0.6 is 0 Å². The minimum atomic E-state index is -0.147. The molecule has 0 aromatic carbocycles. The van der Waals surface area contributed by atoms with Crippen LogP contribution in [0.15, 0.2) is 18.3 Å². The maximum Gasteiger partial charge on any atom is 0.245 e. The summed E-state index contributed by atoms with van der Waals surface area (Å²) in [6.45, 7) is 3.46. The number of rotatable bonds is 6. The standard InChI is InChI=1S/C18H27N3O4/c1-19-16(22)12-24-15-8-18(25-11-15)6-3-7-21(13-18)10-14-4-5-17(23-2)20-9-14/h4-5,9,15H,3,6-8,10-13H2,1-2H3,(H,19,22)/t15-,18-/m1/s1. The van der Waals surface area contributed by atoms with E-state index in [-0.39, 0.29) is 24.2 Å². The third kappa shape index (κ3) is 4.68. The number of nitrogens with zero attached hydrogens (tertiary/aromatic N) is 2. The molecular weight excluding hydrogens is 322 g/mol. The Morgan fingerprint density at radius 1 is 1.52 bits per heavy atom. The fraction of sp³-hybridized carbons (Fsp3) is 0.667. The molecular formula is C18H27N3O4. The molecule has 1 aromatic rings. The van der Waals surface area contributed by atoms with Gasteiger partial charge in [-0.05, 0) is 24.9 Å². The highest BCUT2D eigenvalue weighted by atomic mass is 16.6. The Kier molecular flexibility index (Phi) is 5.88. The highest BCUT2D eigenvalue weighted by molar-refractivity contribution is 5.76. The molecule has 25 heavy (non-hydrogen) atoms. The van der Waals surface area contributed by atoms with E-state index in [1.807, 2.05) is 12.3 Å². The SMILES string of the molecule is CNC(=O)CO[C@H]1CO[C@]2(CCCN(Cc3ccc(OC)nc3)C2)C1. The second-order valence-corrected chi connectivity index (χ2v) is 6.83. The molecule has 0 aliphatic carbocycles. The number of likely N-dealkylation sites (N-methyl/N-ethyl adjacent to an activating group) is 1. The third-order valence-corrected chi connectivity index (χ3v) is 4.94. The highest BCUT2D eigenvalue weighted by Gasteiger charge is 2.43. The highest BCUT2D eigenvalue weighted by Crippen LogP contribution is 2.36. The summed E-state index contributed by atoms with van der Waals surface area (Å²) >= 11 is 0. The number of carbonyl (C=O) groups excluding carboxylic acids is 1. The first-order valence-electron chi connectivity index (χ1n) is 8.80. The van der Waals surface area contributed by atoms with Gasteiger partial charge >= 0.3 is 0 Å². The normalized spacial score (nSPS) is 26.7. The maximum absolute atomic E-state index is 11.3. The molecule has 2 aliphatic rings. The Hall–Kier alpha value is -1.70. The summed E-state index contributed by atoms with van der Waals surface area (Å²) in [6.07, 6.45) is 4.86. The van der Waals surface area contributed by atoms with Crippen molar-refractivity contribution in [2.24, 2.45) is 0 Å². The van der Waals surface area contributed by atoms with Gasteiger partial charge in [0.1, 0.15) is 6.61 Å². The number of aromatic nitrogens is 1. The van der Waals surface area contributed by atoms with Crippen molar-refractivity contribution in [3.63, 3.8) is 0 Å². The van der Waals surface area contributed by atoms with E-state index < -0.39 is 0 Å². The molecule has 0 saturated carbocycles. The van der Waals surface area contributed by atoms with Gasteiger partial charge in [-0.2, -0.15) is 0 Å². The zero-order valence-electron chi connectivity index (χ0n) is 15.0. The molecule has 2 fully saturated rings.